The minimum absolute atomic E-state index is 0.0945. The van der Waals surface area contributed by atoms with E-state index in [0.717, 1.165) is 14.6 Å². The van der Waals surface area contributed by atoms with E-state index in [0.29, 0.717) is 17.1 Å². The van der Waals surface area contributed by atoms with E-state index in [2.05, 4.69) is 21.2 Å². The zero-order valence-electron chi connectivity index (χ0n) is 11.8. The van der Waals surface area contributed by atoms with E-state index >= 15 is 0 Å². The number of carbonyl (C=O) groups excluding carboxylic acids is 2. The molecule has 3 N–H and O–H groups in total. The van der Waals surface area contributed by atoms with Crippen LogP contribution in [0.4, 0.5) is 5.69 Å². The maximum atomic E-state index is 12.4. The molecule has 0 saturated heterocycles. The fraction of sp³-hybridized carbons (Fsp3) is 0.286. The Kier molecular flexibility index (Phi) is 4.84. The summed E-state index contributed by atoms with van der Waals surface area (Å²) in [5.74, 6) is -0.253. The van der Waals surface area contributed by atoms with Crippen LogP contribution in [0.25, 0.3) is 10.1 Å². The maximum Gasteiger partial charge on any atom is 0.265 e. The minimum atomic E-state index is -0.159. The molecule has 1 heterocycles. The van der Waals surface area contributed by atoms with Crippen LogP contribution in [0.5, 0.6) is 0 Å². The van der Waals surface area contributed by atoms with Crippen LogP contribution >= 0.6 is 27.3 Å². The predicted octanol–water partition coefficient (Wildman–Crippen LogP) is 2.45. The Morgan fingerprint density at radius 1 is 1.43 bits per heavy atom. The van der Waals surface area contributed by atoms with Crippen molar-refractivity contribution in [3.8, 4) is 0 Å². The van der Waals surface area contributed by atoms with E-state index < -0.39 is 0 Å². The van der Waals surface area contributed by atoms with Crippen molar-refractivity contribution in [2.75, 3.05) is 26.4 Å². The fourth-order valence-corrected chi connectivity index (χ4v) is 3.38. The third kappa shape index (κ3) is 3.36. The number of hydrogen-bond acceptors (Lipinski definition) is 4. The van der Waals surface area contributed by atoms with Crippen molar-refractivity contribution in [3.63, 3.8) is 0 Å². The zero-order chi connectivity index (χ0) is 15.6. The summed E-state index contributed by atoms with van der Waals surface area (Å²) in [5, 5.41) is 3.41. The van der Waals surface area contributed by atoms with Crippen molar-refractivity contribution in [1.82, 2.24) is 10.2 Å². The van der Waals surface area contributed by atoms with Gasteiger partial charge in [-0.15, -0.1) is 11.3 Å². The molecule has 0 fully saturated rings. The number of nitrogens with zero attached hydrogens (tertiary/aromatic N) is 1. The molecule has 2 amide bonds. The number of rotatable bonds is 4. The SMILES string of the molecule is CNC(=O)CCN(C)C(=O)c1sc2ccc(Br)cc2c1N. The highest BCUT2D eigenvalue weighted by Gasteiger charge is 2.20. The first-order valence-electron chi connectivity index (χ1n) is 6.37. The van der Waals surface area contributed by atoms with Gasteiger partial charge in [-0.2, -0.15) is 0 Å². The Hall–Kier alpha value is -1.60. The molecule has 0 bridgehead atoms. The third-order valence-corrected chi connectivity index (χ3v) is 4.85. The standard InChI is InChI=1S/C14H16BrN3O2S/c1-17-11(19)5-6-18(2)14(20)13-12(16)9-7-8(15)3-4-10(9)21-13/h3-4,7H,5-6,16H2,1-2H3,(H,17,19). The van der Waals surface area contributed by atoms with Gasteiger partial charge in [0.05, 0.1) is 5.69 Å². The fourth-order valence-electron chi connectivity index (χ4n) is 1.92. The Morgan fingerprint density at radius 3 is 2.81 bits per heavy atom. The molecule has 5 nitrogen and oxygen atoms in total. The number of thiophene rings is 1. The van der Waals surface area contributed by atoms with Crippen LogP contribution in [0.3, 0.4) is 0 Å². The summed E-state index contributed by atoms with van der Waals surface area (Å²) in [6.45, 7) is 0.357. The second-order valence-corrected chi connectivity index (χ2v) is 6.60. The van der Waals surface area contributed by atoms with Crippen molar-refractivity contribution >= 4 is 54.9 Å². The van der Waals surface area contributed by atoms with Gasteiger partial charge in [0.25, 0.3) is 5.91 Å². The highest BCUT2D eigenvalue weighted by Crippen LogP contribution is 2.35. The Balaban J connectivity index is 2.23. The highest BCUT2D eigenvalue weighted by molar-refractivity contribution is 9.10. The Bertz CT molecular complexity index is 699. The van der Waals surface area contributed by atoms with Crippen molar-refractivity contribution in [2.45, 2.75) is 6.42 Å². The van der Waals surface area contributed by atoms with E-state index in [1.807, 2.05) is 18.2 Å². The van der Waals surface area contributed by atoms with E-state index in [-0.39, 0.29) is 18.2 Å². The lowest BCUT2D eigenvalue weighted by molar-refractivity contribution is -0.120. The molecule has 0 aliphatic heterocycles. The smallest absolute Gasteiger partial charge is 0.265 e. The van der Waals surface area contributed by atoms with E-state index in [1.54, 1.807) is 14.1 Å². The highest BCUT2D eigenvalue weighted by atomic mass is 79.9. The summed E-state index contributed by atoms with van der Waals surface area (Å²) >= 11 is 4.77. The summed E-state index contributed by atoms with van der Waals surface area (Å²) in [6.07, 6.45) is 0.273. The number of carbonyl (C=O) groups is 2. The number of hydrogen-bond donors (Lipinski definition) is 2. The topological polar surface area (TPSA) is 75.4 Å². The van der Waals surface area contributed by atoms with Gasteiger partial charge in [0, 0.05) is 41.6 Å². The molecular formula is C14H16BrN3O2S. The molecule has 112 valence electrons. The molecule has 0 aliphatic rings. The molecular weight excluding hydrogens is 354 g/mol. The summed E-state index contributed by atoms with van der Waals surface area (Å²) in [7, 11) is 3.25. The zero-order valence-corrected chi connectivity index (χ0v) is 14.2. The first-order chi connectivity index (χ1) is 9.93. The van der Waals surface area contributed by atoms with Gasteiger partial charge < -0.3 is 16.0 Å². The lowest BCUT2D eigenvalue weighted by Crippen LogP contribution is -2.31. The summed E-state index contributed by atoms with van der Waals surface area (Å²) < 4.78 is 1.89. The van der Waals surface area contributed by atoms with Crippen LogP contribution in [0, 0.1) is 0 Å². The summed E-state index contributed by atoms with van der Waals surface area (Å²) in [6, 6.07) is 5.76. The quantitative estimate of drug-likeness (QED) is 0.868. The second-order valence-electron chi connectivity index (χ2n) is 4.64. The number of halogens is 1. The van der Waals surface area contributed by atoms with E-state index in [1.165, 1.54) is 16.2 Å². The lowest BCUT2D eigenvalue weighted by Gasteiger charge is -2.16. The number of nitrogen functional groups attached to an aromatic ring is 1. The third-order valence-electron chi connectivity index (χ3n) is 3.18. The van der Waals surface area contributed by atoms with Crippen LogP contribution < -0.4 is 11.1 Å². The van der Waals surface area contributed by atoms with Gasteiger partial charge in [-0.25, -0.2) is 0 Å². The second kappa shape index (κ2) is 6.44. The monoisotopic (exact) mass is 369 g/mol. The first-order valence-corrected chi connectivity index (χ1v) is 7.98. The average Bonchev–Trinajstić information content (AvgIpc) is 2.80. The number of nitrogens with one attached hydrogen (secondary N) is 1. The molecule has 21 heavy (non-hydrogen) atoms. The van der Waals surface area contributed by atoms with Gasteiger partial charge in [0.1, 0.15) is 4.88 Å². The van der Waals surface area contributed by atoms with Crippen LogP contribution in [-0.4, -0.2) is 37.4 Å². The van der Waals surface area contributed by atoms with Crippen molar-refractivity contribution in [3.05, 3.63) is 27.5 Å². The van der Waals surface area contributed by atoms with Gasteiger partial charge in [0.15, 0.2) is 0 Å². The molecule has 7 heteroatoms. The molecule has 0 aliphatic carbocycles. The van der Waals surface area contributed by atoms with Crippen LogP contribution in [0.15, 0.2) is 22.7 Å². The number of nitrogens with two attached hydrogens (primary N) is 1. The molecule has 1 aromatic heterocycles. The lowest BCUT2D eigenvalue weighted by atomic mass is 10.2. The van der Waals surface area contributed by atoms with Gasteiger partial charge in [-0.3, -0.25) is 9.59 Å². The van der Waals surface area contributed by atoms with Crippen molar-refractivity contribution in [2.24, 2.45) is 0 Å². The Morgan fingerprint density at radius 2 is 2.14 bits per heavy atom. The van der Waals surface area contributed by atoms with Gasteiger partial charge in [-0.05, 0) is 18.2 Å². The van der Waals surface area contributed by atoms with Gasteiger partial charge in [0.2, 0.25) is 5.91 Å². The van der Waals surface area contributed by atoms with Gasteiger partial charge in [-0.1, -0.05) is 15.9 Å². The predicted molar refractivity (Wildman–Crippen MR) is 89.6 cm³/mol. The normalized spacial score (nSPS) is 10.6. The maximum absolute atomic E-state index is 12.4. The number of benzene rings is 1. The molecule has 0 radical (unpaired) electrons. The molecule has 0 spiro atoms. The molecule has 2 rings (SSSR count). The molecule has 1 aromatic carbocycles. The largest absolute Gasteiger partial charge is 0.397 e. The molecule has 0 saturated carbocycles. The number of amides is 2. The number of fused-ring (bicyclic) bond motifs is 1. The van der Waals surface area contributed by atoms with Crippen molar-refractivity contribution in [1.29, 1.82) is 0 Å². The summed E-state index contributed by atoms with van der Waals surface area (Å²) in [4.78, 5) is 25.7. The minimum Gasteiger partial charge on any atom is -0.397 e. The van der Waals surface area contributed by atoms with Crippen LogP contribution in [0.1, 0.15) is 16.1 Å². The Labute approximate surface area is 135 Å². The van der Waals surface area contributed by atoms with E-state index in [9.17, 15) is 9.59 Å². The van der Waals surface area contributed by atoms with E-state index in [4.69, 9.17) is 5.73 Å². The van der Waals surface area contributed by atoms with Gasteiger partial charge >= 0.3 is 0 Å². The molecule has 0 unspecified atom stereocenters. The summed E-state index contributed by atoms with van der Waals surface area (Å²) in [5.41, 5.74) is 6.59. The first kappa shape index (κ1) is 15.8. The molecule has 2 aromatic rings. The van der Waals surface area contributed by atoms with Crippen molar-refractivity contribution < 1.29 is 9.59 Å². The van der Waals surface area contributed by atoms with Crippen LogP contribution in [0.2, 0.25) is 0 Å². The average molecular weight is 370 g/mol. The van der Waals surface area contributed by atoms with Crippen LogP contribution in [-0.2, 0) is 4.79 Å². The molecule has 0 atom stereocenters. The number of anilines is 1.